The van der Waals surface area contributed by atoms with Crippen LogP contribution >= 0.6 is 23.2 Å². The monoisotopic (exact) mass is 394 g/mol. The van der Waals surface area contributed by atoms with Crippen molar-refractivity contribution < 1.29 is 9.13 Å². The van der Waals surface area contributed by atoms with Crippen molar-refractivity contribution in [3.05, 3.63) is 63.4 Å². The van der Waals surface area contributed by atoms with Gasteiger partial charge in [-0.1, -0.05) is 23.2 Å². The molecule has 0 spiro atoms. The molecule has 0 saturated carbocycles. The lowest BCUT2D eigenvalue weighted by atomic mass is 10.0. The number of hydrogen-bond acceptors (Lipinski definition) is 3. The number of nitrogens with two attached hydrogens (primary N) is 1. The van der Waals surface area contributed by atoms with Gasteiger partial charge >= 0.3 is 0 Å². The second kappa shape index (κ2) is 7.35. The molecule has 2 aliphatic rings. The minimum Gasteiger partial charge on any atom is -0.484 e. The van der Waals surface area contributed by atoms with Gasteiger partial charge in [0.05, 0.1) is 6.04 Å². The molecule has 2 aromatic rings. The van der Waals surface area contributed by atoms with E-state index in [4.69, 9.17) is 33.7 Å². The van der Waals surface area contributed by atoms with Crippen LogP contribution in [0.3, 0.4) is 0 Å². The Bertz CT molecular complexity index is 799. The Balaban J connectivity index is 1.68. The normalized spacial score (nSPS) is 25.9. The van der Waals surface area contributed by atoms with Crippen molar-refractivity contribution in [2.24, 2.45) is 5.73 Å². The number of piperidine rings is 1. The summed E-state index contributed by atoms with van der Waals surface area (Å²) in [5.41, 5.74) is 8.28. The van der Waals surface area contributed by atoms with Crippen molar-refractivity contribution >= 4 is 23.2 Å². The Labute approximate surface area is 162 Å². The zero-order chi connectivity index (χ0) is 18.3. The van der Waals surface area contributed by atoms with Crippen LogP contribution < -0.4 is 10.5 Å². The lowest BCUT2D eigenvalue weighted by Crippen LogP contribution is -2.49. The van der Waals surface area contributed by atoms with E-state index in [9.17, 15) is 4.39 Å². The quantitative estimate of drug-likeness (QED) is 0.826. The topological polar surface area (TPSA) is 38.5 Å². The van der Waals surface area contributed by atoms with E-state index in [-0.39, 0.29) is 24.0 Å². The van der Waals surface area contributed by atoms with E-state index in [0.717, 1.165) is 43.5 Å². The molecule has 3 nitrogen and oxygen atoms in total. The Morgan fingerprint density at radius 3 is 2.65 bits per heavy atom. The average Bonchev–Trinajstić information content (AvgIpc) is 2.96. The van der Waals surface area contributed by atoms with Crippen LogP contribution in [0.4, 0.5) is 4.39 Å². The zero-order valence-corrected chi connectivity index (χ0v) is 15.8. The third kappa shape index (κ3) is 3.56. The molecule has 1 aliphatic heterocycles. The second-order valence-corrected chi connectivity index (χ2v) is 7.96. The lowest BCUT2D eigenvalue weighted by Gasteiger charge is -2.38. The number of fused-ring (bicyclic) bond motifs is 1. The van der Waals surface area contributed by atoms with Crippen molar-refractivity contribution in [1.29, 1.82) is 0 Å². The van der Waals surface area contributed by atoms with Crippen LogP contribution in [0, 0.1) is 5.82 Å². The first kappa shape index (κ1) is 18.1. The number of halogens is 3. The maximum Gasteiger partial charge on any atom is 0.140 e. The van der Waals surface area contributed by atoms with Crippen LogP contribution in [0.2, 0.25) is 10.0 Å². The predicted octanol–water partition coefficient (Wildman–Crippen LogP) is 4.60. The smallest absolute Gasteiger partial charge is 0.140 e. The molecular formula is C20H21Cl2FN2O. The third-order valence-electron chi connectivity index (χ3n) is 5.30. The standard InChI is InChI=1S/C20H21Cl2FN2O/c21-12-8-17-16(18(22)9-12)10-19(25-7-1-2-14(24)11-25)20(17)26-15-5-3-13(23)4-6-15/h3-6,8-9,14,19-20H,1-2,7,10-11,24H2/t14-,19-,20-/m1/s1. The third-order valence-corrected chi connectivity index (χ3v) is 5.85. The number of hydrogen-bond donors (Lipinski definition) is 1. The van der Waals surface area contributed by atoms with Gasteiger partial charge in [0.15, 0.2) is 0 Å². The highest BCUT2D eigenvalue weighted by Crippen LogP contribution is 2.43. The predicted molar refractivity (Wildman–Crippen MR) is 103 cm³/mol. The van der Waals surface area contributed by atoms with Crippen molar-refractivity contribution in [2.75, 3.05) is 13.1 Å². The van der Waals surface area contributed by atoms with Gasteiger partial charge in [0, 0.05) is 28.2 Å². The van der Waals surface area contributed by atoms with E-state index in [2.05, 4.69) is 4.90 Å². The summed E-state index contributed by atoms with van der Waals surface area (Å²) < 4.78 is 19.5. The molecule has 0 bridgehead atoms. The number of nitrogens with zero attached hydrogens (tertiary/aromatic N) is 1. The minimum atomic E-state index is -0.284. The number of ether oxygens (including phenoxy) is 1. The molecule has 1 heterocycles. The van der Waals surface area contributed by atoms with E-state index >= 15 is 0 Å². The first-order valence-corrected chi connectivity index (χ1v) is 9.66. The fourth-order valence-electron chi connectivity index (χ4n) is 4.08. The first-order valence-electron chi connectivity index (χ1n) is 8.91. The Kier molecular flexibility index (Phi) is 5.11. The Morgan fingerprint density at radius 2 is 1.92 bits per heavy atom. The summed E-state index contributed by atoms with van der Waals surface area (Å²) in [6.45, 7) is 1.83. The summed E-state index contributed by atoms with van der Waals surface area (Å²) in [4.78, 5) is 2.40. The fourth-order valence-corrected chi connectivity index (χ4v) is 4.67. The maximum atomic E-state index is 13.2. The van der Waals surface area contributed by atoms with Gasteiger partial charge < -0.3 is 10.5 Å². The average molecular weight is 395 g/mol. The van der Waals surface area contributed by atoms with Crippen LogP contribution in [0.15, 0.2) is 36.4 Å². The summed E-state index contributed by atoms with van der Waals surface area (Å²) in [7, 11) is 0. The Hall–Kier alpha value is -1.33. The molecule has 1 aliphatic carbocycles. The van der Waals surface area contributed by atoms with E-state index in [1.54, 1.807) is 18.2 Å². The molecule has 2 N–H and O–H groups in total. The number of likely N-dealkylation sites (tertiary alicyclic amines) is 1. The van der Waals surface area contributed by atoms with E-state index in [1.165, 1.54) is 12.1 Å². The second-order valence-electron chi connectivity index (χ2n) is 7.12. The molecular weight excluding hydrogens is 374 g/mol. The zero-order valence-electron chi connectivity index (χ0n) is 14.3. The minimum absolute atomic E-state index is 0.136. The molecule has 138 valence electrons. The molecule has 3 atom stereocenters. The molecule has 0 radical (unpaired) electrons. The molecule has 6 heteroatoms. The van der Waals surface area contributed by atoms with Crippen LogP contribution in [0.1, 0.15) is 30.1 Å². The van der Waals surface area contributed by atoms with Gasteiger partial charge in [0.2, 0.25) is 0 Å². The Morgan fingerprint density at radius 1 is 1.15 bits per heavy atom. The maximum absolute atomic E-state index is 13.2. The van der Waals surface area contributed by atoms with Crippen molar-refractivity contribution in [2.45, 2.75) is 37.5 Å². The van der Waals surface area contributed by atoms with Gasteiger partial charge in [-0.25, -0.2) is 4.39 Å². The number of benzene rings is 2. The number of rotatable bonds is 3. The van der Waals surface area contributed by atoms with Crippen LogP contribution in [0.5, 0.6) is 5.75 Å². The molecule has 0 aromatic heterocycles. The summed E-state index contributed by atoms with van der Waals surface area (Å²) in [5, 5.41) is 1.27. The van der Waals surface area contributed by atoms with Gasteiger partial charge in [0.1, 0.15) is 17.7 Å². The highest BCUT2D eigenvalue weighted by atomic mass is 35.5. The SMILES string of the molecule is N[C@@H]1CCCN([C@@H]2Cc3c(Cl)cc(Cl)cc3[C@H]2Oc2ccc(F)cc2)C1. The lowest BCUT2D eigenvalue weighted by molar-refractivity contribution is 0.0593. The largest absolute Gasteiger partial charge is 0.484 e. The molecule has 1 fully saturated rings. The van der Waals surface area contributed by atoms with E-state index < -0.39 is 0 Å². The van der Waals surface area contributed by atoms with Gasteiger partial charge in [-0.2, -0.15) is 0 Å². The van der Waals surface area contributed by atoms with Crippen molar-refractivity contribution in [3.8, 4) is 5.75 Å². The van der Waals surface area contributed by atoms with Gasteiger partial charge in [-0.15, -0.1) is 0 Å². The fraction of sp³-hybridized carbons (Fsp3) is 0.400. The van der Waals surface area contributed by atoms with Crippen molar-refractivity contribution in [1.82, 2.24) is 4.90 Å². The molecule has 0 amide bonds. The van der Waals surface area contributed by atoms with Gasteiger partial charge in [-0.3, -0.25) is 4.90 Å². The summed E-state index contributed by atoms with van der Waals surface area (Å²) in [6.07, 6.45) is 2.71. The van der Waals surface area contributed by atoms with E-state index in [0.29, 0.717) is 15.8 Å². The molecule has 1 saturated heterocycles. The van der Waals surface area contributed by atoms with Gasteiger partial charge in [-0.05, 0) is 67.8 Å². The molecule has 26 heavy (non-hydrogen) atoms. The van der Waals surface area contributed by atoms with Crippen molar-refractivity contribution in [3.63, 3.8) is 0 Å². The first-order chi connectivity index (χ1) is 12.5. The summed E-state index contributed by atoms with van der Waals surface area (Å²) >= 11 is 12.7. The van der Waals surface area contributed by atoms with Crippen LogP contribution in [-0.2, 0) is 6.42 Å². The molecule has 2 aromatic carbocycles. The van der Waals surface area contributed by atoms with E-state index in [1.807, 2.05) is 6.07 Å². The summed E-state index contributed by atoms with van der Waals surface area (Å²) in [6, 6.07) is 10.1. The molecule has 0 unspecified atom stereocenters. The summed E-state index contributed by atoms with van der Waals surface area (Å²) in [5.74, 6) is 0.348. The van der Waals surface area contributed by atoms with Gasteiger partial charge in [0.25, 0.3) is 0 Å². The molecule has 4 rings (SSSR count). The highest BCUT2D eigenvalue weighted by molar-refractivity contribution is 6.35. The van der Waals surface area contributed by atoms with Crippen LogP contribution in [-0.4, -0.2) is 30.1 Å². The highest BCUT2D eigenvalue weighted by Gasteiger charge is 2.40. The van der Waals surface area contributed by atoms with Crippen LogP contribution in [0.25, 0.3) is 0 Å².